The Morgan fingerprint density at radius 3 is 2.71 bits per heavy atom. The van der Waals surface area contributed by atoms with E-state index in [1.165, 1.54) is 0 Å². The van der Waals surface area contributed by atoms with Crippen LogP contribution in [0.4, 0.5) is 13.2 Å². The molecule has 1 atom stereocenters. The lowest BCUT2D eigenvalue weighted by atomic mass is 10.3. The van der Waals surface area contributed by atoms with Crippen LogP contribution in [-0.4, -0.2) is 43.3 Å². The van der Waals surface area contributed by atoms with Gasteiger partial charge in [0.2, 0.25) is 0 Å². The molecule has 1 saturated heterocycles. The minimum atomic E-state index is -4.02. The highest BCUT2D eigenvalue weighted by molar-refractivity contribution is 4.80. The summed E-state index contributed by atoms with van der Waals surface area (Å²) in [5, 5.41) is 3.25. The molecule has 1 heterocycles. The molecule has 1 aliphatic rings. The van der Waals surface area contributed by atoms with Gasteiger partial charge < -0.3 is 10.2 Å². The summed E-state index contributed by atoms with van der Waals surface area (Å²) in [6, 6.07) is 0.383. The van der Waals surface area contributed by atoms with Crippen LogP contribution in [0.5, 0.6) is 0 Å². The number of hydrogen-bond acceptors (Lipinski definition) is 2. The predicted octanol–water partition coefficient (Wildman–Crippen LogP) is 1.62. The van der Waals surface area contributed by atoms with Crippen molar-refractivity contribution in [3.63, 3.8) is 0 Å². The van der Waals surface area contributed by atoms with Crippen LogP contribution >= 0.6 is 0 Å². The van der Waals surface area contributed by atoms with Gasteiger partial charge in [-0.2, -0.15) is 13.2 Å². The van der Waals surface area contributed by atoms with Crippen molar-refractivity contribution in [1.82, 2.24) is 10.2 Å². The van der Waals surface area contributed by atoms with E-state index in [2.05, 4.69) is 5.32 Å². The van der Waals surface area contributed by atoms with Gasteiger partial charge in [0.15, 0.2) is 0 Å². The summed E-state index contributed by atoms with van der Waals surface area (Å²) in [5.41, 5.74) is 0. The molecule has 0 bridgehead atoms. The normalized spacial score (nSPS) is 24.4. The molecule has 0 aliphatic carbocycles. The van der Waals surface area contributed by atoms with Gasteiger partial charge in [0.05, 0.1) is 6.42 Å². The van der Waals surface area contributed by atoms with Crippen LogP contribution < -0.4 is 5.32 Å². The predicted molar refractivity (Wildman–Crippen MR) is 49.2 cm³/mol. The molecule has 1 rings (SSSR count). The summed E-state index contributed by atoms with van der Waals surface area (Å²) >= 11 is 0. The SMILES string of the molecule is CCNC1CCN(CCC(F)(F)F)C1. The third-order valence-corrected chi connectivity index (χ3v) is 2.48. The van der Waals surface area contributed by atoms with E-state index in [9.17, 15) is 13.2 Å². The Bertz CT molecular complexity index is 170. The van der Waals surface area contributed by atoms with Gasteiger partial charge in [-0.1, -0.05) is 6.92 Å². The van der Waals surface area contributed by atoms with Crippen molar-refractivity contribution in [3.8, 4) is 0 Å². The molecule has 1 N–H and O–H groups in total. The third kappa shape index (κ3) is 4.28. The molecule has 84 valence electrons. The number of halogens is 3. The second kappa shape index (κ2) is 4.98. The molecule has 0 aromatic rings. The van der Waals surface area contributed by atoms with E-state index in [1.807, 2.05) is 11.8 Å². The first kappa shape index (κ1) is 11.8. The molecule has 1 aliphatic heterocycles. The number of alkyl halides is 3. The largest absolute Gasteiger partial charge is 0.390 e. The van der Waals surface area contributed by atoms with Crippen LogP contribution in [0.3, 0.4) is 0 Å². The first-order valence-electron chi connectivity index (χ1n) is 5.04. The molecule has 14 heavy (non-hydrogen) atoms. The molecule has 0 saturated carbocycles. The Balaban J connectivity index is 2.16. The van der Waals surface area contributed by atoms with Crippen LogP contribution in [0, 0.1) is 0 Å². The van der Waals surface area contributed by atoms with Crippen molar-refractivity contribution in [1.29, 1.82) is 0 Å². The van der Waals surface area contributed by atoms with E-state index in [0.29, 0.717) is 6.04 Å². The maximum absolute atomic E-state index is 11.9. The second-order valence-corrected chi connectivity index (χ2v) is 3.71. The molecular formula is C9H17F3N2. The Kier molecular flexibility index (Phi) is 4.19. The maximum Gasteiger partial charge on any atom is 0.390 e. The van der Waals surface area contributed by atoms with Crippen molar-refractivity contribution in [2.45, 2.75) is 32.0 Å². The Morgan fingerprint density at radius 2 is 2.14 bits per heavy atom. The molecule has 1 fully saturated rings. The number of likely N-dealkylation sites (N-methyl/N-ethyl adjacent to an activating group) is 1. The van der Waals surface area contributed by atoms with E-state index in [1.54, 1.807) is 0 Å². The van der Waals surface area contributed by atoms with Crippen LogP contribution in [0.15, 0.2) is 0 Å². The van der Waals surface area contributed by atoms with E-state index in [4.69, 9.17) is 0 Å². The Labute approximate surface area is 82.5 Å². The zero-order valence-corrected chi connectivity index (χ0v) is 8.40. The van der Waals surface area contributed by atoms with Crippen LogP contribution in [0.25, 0.3) is 0 Å². The van der Waals surface area contributed by atoms with E-state index >= 15 is 0 Å². The fourth-order valence-electron chi connectivity index (χ4n) is 1.78. The average molecular weight is 210 g/mol. The van der Waals surface area contributed by atoms with Gasteiger partial charge in [-0.15, -0.1) is 0 Å². The lowest BCUT2D eigenvalue weighted by molar-refractivity contribution is -0.137. The van der Waals surface area contributed by atoms with Gasteiger partial charge >= 0.3 is 6.18 Å². The van der Waals surface area contributed by atoms with Crippen molar-refractivity contribution in [2.24, 2.45) is 0 Å². The monoisotopic (exact) mass is 210 g/mol. The van der Waals surface area contributed by atoms with Crippen LogP contribution in [-0.2, 0) is 0 Å². The van der Waals surface area contributed by atoms with Crippen molar-refractivity contribution >= 4 is 0 Å². The van der Waals surface area contributed by atoms with Crippen molar-refractivity contribution in [2.75, 3.05) is 26.2 Å². The zero-order chi connectivity index (χ0) is 10.6. The van der Waals surface area contributed by atoms with Gasteiger partial charge in [-0.25, -0.2) is 0 Å². The molecule has 0 aromatic carbocycles. The van der Waals surface area contributed by atoms with Gasteiger partial charge in [-0.3, -0.25) is 0 Å². The summed E-state index contributed by atoms with van der Waals surface area (Å²) in [7, 11) is 0. The van der Waals surface area contributed by atoms with Crippen molar-refractivity contribution in [3.05, 3.63) is 0 Å². The summed E-state index contributed by atoms with van der Waals surface area (Å²) in [6.45, 7) is 4.58. The minimum Gasteiger partial charge on any atom is -0.313 e. The summed E-state index contributed by atoms with van der Waals surface area (Å²) < 4.78 is 35.7. The third-order valence-electron chi connectivity index (χ3n) is 2.48. The standard InChI is InChI=1S/C9H17F3N2/c1-2-13-8-3-5-14(7-8)6-4-9(10,11)12/h8,13H,2-7H2,1H3. The summed E-state index contributed by atoms with van der Waals surface area (Å²) in [6.07, 6.45) is -3.74. The number of likely N-dealkylation sites (tertiary alicyclic amines) is 1. The van der Waals surface area contributed by atoms with Gasteiger partial charge in [0, 0.05) is 19.1 Å². The van der Waals surface area contributed by atoms with Crippen LogP contribution in [0.2, 0.25) is 0 Å². The van der Waals surface area contributed by atoms with Gasteiger partial charge in [0.25, 0.3) is 0 Å². The lowest BCUT2D eigenvalue weighted by Gasteiger charge is -2.17. The molecule has 5 heteroatoms. The molecule has 0 spiro atoms. The first-order chi connectivity index (χ1) is 6.51. The van der Waals surface area contributed by atoms with E-state index < -0.39 is 12.6 Å². The topological polar surface area (TPSA) is 15.3 Å². The molecule has 2 nitrogen and oxygen atoms in total. The number of rotatable bonds is 4. The molecule has 1 unspecified atom stereocenters. The molecule has 0 aromatic heterocycles. The second-order valence-electron chi connectivity index (χ2n) is 3.71. The minimum absolute atomic E-state index is 0.144. The van der Waals surface area contributed by atoms with E-state index in [-0.39, 0.29) is 6.54 Å². The molecular weight excluding hydrogens is 193 g/mol. The zero-order valence-electron chi connectivity index (χ0n) is 8.40. The van der Waals surface area contributed by atoms with Gasteiger partial charge in [-0.05, 0) is 19.5 Å². The van der Waals surface area contributed by atoms with Gasteiger partial charge in [0.1, 0.15) is 0 Å². The number of nitrogens with zero attached hydrogens (tertiary/aromatic N) is 1. The average Bonchev–Trinajstić information content (AvgIpc) is 2.49. The van der Waals surface area contributed by atoms with E-state index in [0.717, 1.165) is 26.1 Å². The number of nitrogens with one attached hydrogen (secondary N) is 1. The molecule has 0 radical (unpaired) electrons. The fraction of sp³-hybridized carbons (Fsp3) is 1.00. The van der Waals surface area contributed by atoms with Crippen LogP contribution in [0.1, 0.15) is 19.8 Å². The highest BCUT2D eigenvalue weighted by Gasteiger charge is 2.29. The molecule has 0 amide bonds. The first-order valence-corrected chi connectivity index (χ1v) is 5.04. The summed E-state index contributed by atoms with van der Waals surface area (Å²) in [5.74, 6) is 0. The Morgan fingerprint density at radius 1 is 1.43 bits per heavy atom. The number of hydrogen-bond donors (Lipinski definition) is 1. The lowest BCUT2D eigenvalue weighted by Crippen LogP contribution is -2.33. The summed E-state index contributed by atoms with van der Waals surface area (Å²) in [4.78, 5) is 1.88. The highest BCUT2D eigenvalue weighted by Crippen LogP contribution is 2.21. The smallest absolute Gasteiger partial charge is 0.313 e. The fourth-order valence-corrected chi connectivity index (χ4v) is 1.78. The quantitative estimate of drug-likeness (QED) is 0.758. The van der Waals surface area contributed by atoms with Crippen molar-refractivity contribution < 1.29 is 13.2 Å². The highest BCUT2D eigenvalue weighted by atomic mass is 19.4. The maximum atomic E-state index is 11.9. The Hall–Kier alpha value is -0.290.